The monoisotopic (exact) mass is 254 g/mol. The van der Waals surface area contributed by atoms with Crippen molar-refractivity contribution in [3.8, 4) is 0 Å². The van der Waals surface area contributed by atoms with Gasteiger partial charge in [0.15, 0.2) is 0 Å². The van der Waals surface area contributed by atoms with Crippen LogP contribution >= 0.6 is 11.6 Å². The first kappa shape index (κ1) is 12.5. The van der Waals surface area contributed by atoms with Gasteiger partial charge in [0.1, 0.15) is 0 Å². The fourth-order valence-corrected chi connectivity index (χ4v) is 2.34. The lowest BCUT2D eigenvalue weighted by Gasteiger charge is -2.17. The highest BCUT2D eigenvalue weighted by Crippen LogP contribution is 2.28. The summed E-state index contributed by atoms with van der Waals surface area (Å²) in [6.45, 7) is 5.95. The van der Waals surface area contributed by atoms with Gasteiger partial charge in [-0.3, -0.25) is 0 Å². The van der Waals surface area contributed by atoms with Crippen molar-refractivity contribution < 1.29 is 4.74 Å². The molecule has 1 heterocycles. The SMILES string of the molecule is Cc1cc(N)c(Cl)cc1NCC1CCOC1C. The summed E-state index contributed by atoms with van der Waals surface area (Å²) in [5.74, 6) is 0.575. The van der Waals surface area contributed by atoms with Gasteiger partial charge in [-0.15, -0.1) is 0 Å². The molecule has 1 aromatic rings. The zero-order chi connectivity index (χ0) is 12.4. The summed E-state index contributed by atoms with van der Waals surface area (Å²) in [6.07, 6.45) is 1.46. The Labute approximate surface area is 107 Å². The molecule has 4 heteroatoms. The maximum absolute atomic E-state index is 6.02. The van der Waals surface area contributed by atoms with Crippen LogP contribution in [0.4, 0.5) is 11.4 Å². The minimum absolute atomic E-state index is 0.340. The summed E-state index contributed by atoms with van der Waals surface area (Å²) in [7, 11) is 0. The normalized spacial score (nSPS) is 23.9. The molecule has 0 spiro atoms. The van der Waals surface area contributed by atoms with Crippen LogP contribution < -0.4 is 11.1 Å². The van der Waals surface area contributed by atoms with Crippen LogP contribution in [0.1, 0.15) is 18.9 Å². The first-order valence-electron chi connectivity index (χ1n) is 5.99. The van der Waals surface area contributed by atoms with E-state index in [-0.39, 0.29) is 0 Å². The van der Waals surface area contributed by atoms with Crippen LogP contribution in [0.25, 0.3) is 0 Å². The Morgan fingerprint density at radius 1 is 1.53 bits per heavy atom. The number of anilines is 2. The highest BCUT2D eigenvalue weighted by atomic mass is 35.5. The molecule has 0 saturated carbocycles. The van der Waals surface area contributed by atoms with Crippen molar-refractivity contribution >= 4 is 23.0 Å². The van der Waals surface area contributed by atoms with Crippen molar-refractivity contribution in [3.05, 3.63) is 22.7 Å². The number of hydrogen-bond donors (Lipinski definition) is 2. The van der Waals surface area contributed by atoms with Crippen molar-refractivity contribution in [2.45, 2.75) is 26.4 Å². The molecule has 0 radical (unpaired) electrons. The number of halogens is 1. The Morgan fingerprint density at radius 2 is 2.29 bits per heavy atom. The maximum Gasteiger partial charge on any atom is 0.0656 e. The first-order valence-corrected chi connectivity index (χ1v) is 6.37. The summed E-state index contributed by atoms with van der Waals surface area (Å²) < 4.78 is 5.54. The molecule has 3 nitrogen and oxygen atoms in total. The zero-order valence-electron chi connectivity index (χ0n) is 10.3. The van der Waals surface area contributed by atoms with Gasteiger partial charge in [-0.05, 0) is 38.0 Å². The molecule has 0 aromatic heterocycles. The summed E-state index contributed by atoms with van der Waals surface area (Å²) >= 11 is 6.02. The maximum atomic E-state index is 6.02. The van der Waals surface area contributed by atoms with E-state index in [1.165, 1.54) is 0 Å². The third-order valence-corrected chi connectivity index (χ3v) is 3.76. The third kappa shape index (κ3) is 2.85. The van der Waals surface area contributed by atoms with E-state index in [0.717, 1.165) is 30.8 Å². The average molecular weight is 255 g/mol. The predicted octanol–water partition coefficient (Wildman–Crippen LogP) is 3.07. The second kappa shape index (κ2) is 5.15. The lowest BCUT2D eigenvalue weighted by atomic mass is 10.0. The molecule has 94 valence electrons. The molecule has 0 amide bonds. The molecule has 1 saturated heterocycles. The standard InChI is InChI=1S/C13H19ClN2O/c1-8-5-12(15)11(14)6-13(8)16-7-10-3-4-17-9(10)2/h5-6,9-10,16H,3-4,7,15H2,1-2H3. The average Bonchev–Trinajstić information content (AvgIpc) is 2.68. The molecular formula is C13H19ClN2O. The quantitative estimate of drug-likeness (QED) is 0.815. The second-order valence-corrected chi connectivity index (χ2v) is 5.10. The van der Waals surface area contributed by atoms with Gasteiger partial charge in [0.05, 0.1) is 16.8 Å². The number of rotatable bonds is 3. The molecular weight excluding hydrogens is 236 g/mol. The number of nitrogens with two attached hydrogens (primary N) is 1. The summed E-state index contributed by atoms with van der Waals surface area (Å²) in [6, 6.07) is 3.80. The molecule has 2 rings (SSSR count). The van der Waals surface area contributed by atoms with Crippen LogP contribution in [0.5, 0.6) is 0 Å². The predicted molar refractivity (Wildman–Crippen MR) is 72.6 cm³/mol. The van der Waals surface area contributed by atoms with Crippen LogP contribution in [-0.2, 0) is 4.74 Å². The number of ether oxygens (including phenoxy) is 1. The van der Waals surface area contributed by atoms with Gasteiger partial charge in [0.2, 0.25) is 0 Å². The number of nitrogen functional groups attached to an aromatic ring is 1. The van der Waals surface area contributed by atoms with Gasteiger partial charge in [-0.25, -0.2) is 0 Å². The minimum Gasteiger partial charge on any atom is -0.398 e. The molecule has 1 aromatic carbocycles. The van der Waals surface area contributed by atoms with Crippen molar-refractivity contribution in [2.75, 3.05) is 24.2 Å². The Balaban J connectivity index is 2.01. The smallest absolute Gasteiger partial charge is 0.0656 e. The van der Waals surface area contributed by atoms with Crippen molar-refractivity contribution in [1.29, 1.82) is 0 Å². The van der Waals surface area contributed by atoms with Gasteiger partial charge in [-0.1, -0.05) is 11.6 Å². The van der Waals surface area contributed by atoms with E-state index in [1.54, 1.807) is 0 Å². The van der Waals surface area contributed by atoms with Gasteiger partial charge in [-0.2, -0.15) is 0 Å². The Bertz CT molecular complexity index is 409. The third-order valence-electron chi connectivity index (χ3n) is 3.43. The number of hydrogen-bond acceptors (Lipinski definition) is 3. The lowest BCUT2D eigenvalue weighted by molar-refractivity contribution is 0.108. The highest BCUT2D eigenvalue weighted by molar-refractivity contribution is 6.33. The summed E-state index contributed by atoms with van der Waals surface area (Å²) in [5, 5.41) is 4.04. The number of benzene rings is 1. The largest absolute Gasteiger partial charge is 0.398 e. The summed E-state index contributed by atoms with van der Waals surface area (Å²) in [5.41, 5.74) is 8.56. The molecule has 3 N–H and O–H groups in total. The van der Waals surface area contributed by atoms with Crippen molar-refractivity contribution in [1.82, 2.24) is 0 Å². The van der Waals surface area contributed by atoms with Crippen LogP contribution in [0, 0.1) is 12.8 Å². The molecule has 0 bridgehead atoms. The number of nitrogens with one attached hydrogen (secondary N) is 1. The molecule has 2 atom stereocenters. The van der Waals surface area contributed by atoms with Crippen LogP contribution in [0.15, 0.2) is 12.1 Å². The van der Waals surface area contributed by atoms with E-state index in [1.807, 2.05) is 19.1 Å². The molecule has 17 heavy (non-hydrogen) atoms. The van der Waals surface area contributed by atoms with E-state index in [0.29, 0.717) is 22.7 Å². The number of aryl methyl sites for hydroxylation is 1. The molecule has 1 aliphatic heterocycles. The Kier molecular flexibility index (Phi) is 3.79. The lowest BCUT2D eigenvalue weighted by Crippen LogP contribution is -2.21. The molecule has 1 fully saturated rings. The van der Waals surface area contributed by atoms with Crippen LogP contribution in [0.2, 0.25) is 5.02 Å². The molecule has 2 unspecified atom stereocenters. The minimum atomic E-state index is 0.340. The zero-order valence-corrected chi connectivity index (χ0v) is 11.1. The van der Waals surface area contributed by atoms with Crippen LogP contribution in [0.3, 0.4) is 0 Å². The fourth-order valence-electron chi connectivity index (χ4n) is 2.18. The summed E-state index contributed by atoms with van der Waals surface area (Å²) in [4.78, 5) is 0. The fraction of sp³-hybridized carbons (Fsp3) is 0.538. The van der Waals surface area contributed by atoms with Crippen molar-refractivity contribution in [2.24, 2.45) is 5.92 Å². The van der Waals surface area contributed by atoms with Crippen molar-refractivity contribution in [3.63, 3.8) is 0 Å². The Hall–Kier alpha value is -0.930. The highest BCUT2D eigenvalue weighted by Gasteiger charge is 2.23. The van der Waals surface area contributed by atoms with E-state index < -0.39 is 0 Å². The van der Waals surface area contributed by atoms with Gasteiger partial charge in [0.25, 0.3) is 0 Å². The van der Waals surface area contributed by atoms with Gasteiger partial charge in [0, 0.05) is 24.8 Å². The first-order chi connectivity index (χ1) is 8.08. The molecule has 0 aliphatic carbocycles. The van der Waals surface area contributed by atoms with Crippen LogP contribution in [-0.4, -0.2) is 19.3 Å². The molecule has 1 aliphatic rings. The van der Waals surface area contributed by atoms with E-state index in [2.05, 4.69) is 12.2 Å². The van der Waals surface area contributed by atoms with E-state index in [4.69, 9.17) is 22.1 Å². The second-order valence-electron chi connectivity index (χ2n) is 4.69. The van der Waals surface area contributed by atoms with Gasteiger partial charge < -0.3 is 15.8 Å². The Morgan fingerprint density at radius 3 is 2.94 bits per heavy atom. The topological polar surface area (TPSA) is 47.3 Å². The van der Waals surface area contributed by atoms with E-state index >= 15 is 0 Å². The van der Waals surface area contributed by atoms with Gasteiger partial charge >= 0.3 is 0 Å². The van der Waals surface area contributed by atoms with E-state index in [9.17, 15) is 0 Å².